The van der Waals surface area contributed by atoms with E-state index in [1.54, 1.807) is 30.5 Å². The van der Waals surface area contributed by atoms with Gasteiger partial charge in [0.15, 0.2) is 0 Å². The van der Waals surface area contributed by atoms with Gasteiger partial charge in [-0.15, -0.1) is 0 Å². The van der Waals surface area contributed by atoms with Crippen molar-refractivity contribution in [1.82, 2.24) is 0 Å². The van der Waals surface area contributed by atoms with Crippen LogP contribution in [0.15, 0.2) is 41.0 Å². The predicted octanol–water partition coefficient (Wildman–Crippen LogP) is 4.19. The summed E-state index contributed by atoms with van der Waals surface area (Å²) in [7, 11) is 0. The highest BCUT2D eigenvalue weighted by Gasteiger charge is 2.10. The van der Waals surface area contributed by atoms with Crippen molar-refractivity contribution in [3.63, 3.8) is 0 Å². The van der Waals surface area contributed by atoms with E-state index in [0.717, 1.165) is 5.56 Å². The van der Waals surface area contributed by atoms with Crippen LogP contribution in [-0.4, -0.2) is 5.91 Å². The Bertz CT molecular complexity index is 547. The minimum absolute atomic E-state index is 0.0253. The Balaban J connectivity index is 2.30. The molecule has 2 aromatic rings. The maximum absolute atomic E-state index is 11.6. The van der Waals surface area contributed by atoms with Gasteiger partial charge in [-0.1, -0.05) is 25.4 Å². The van der Waals surface area contributed by atoms with Gasteiger partial charge in [0.1, 0.15) is 5.76 Å². The Labute approximate surface area is 111 Å². The first kappa shape index (κ1) is 12.7. The molecule has 2 rings (SSSR count). The van der Waals surface area contributed by atoms with Gasteiger partial charge in [-0.3, -0.25) is 4.79 Å². The SMILES string of the molecule is CC(C)C(=O)Nc1ccc(Cl)c(-c2ccco2)c1. The van der Waals surface area contributed by atoms with Gasteiger partial charge in [-0.25, -0.2) is 0 Å². The molecule has 0 saturated carbocycles. The van der Waals surface area contributed by atoms with E-state index in [1.165, 1.54) is 0 Å². The number of carbonyl (C=O) groups excluding carboxylic acids is 1. The van der Waals surface area contributed by atoms with Crippen molar-refractivity contribution >= 4 is 23.2 Å². The molecule has 3 nitrogen and oxygen atoms in total. The molecule has 0 fully saturated rings. The number of benzene rings is 1. The lowest BCUT2D eigenvalue weighted by Gasteiger charge is -2.09. The molecule has 0 radical (unpaired) electrons. The molecule has 0 aliphatic rings. The number of amides is 1. The Morgan fingerprint density at radius 2 is 2.11 bits per heavy atom. The third-order valence-corrected chi connectivity index (χ3v) is 2.87. The second-order valence-electron chi connectivity index (χ2n) is 4.32. The summed E-state index contributed by atoms with van der Waals surface area (Å²) < 4.78 is 5.31. The van der Waals surface area contributed by atoms with E-state index in [0.29, 0.717) is 16.5 Å². The molecule has 0 aliphatic carbocycles. The highest BCUT2D eigenvalue weighted by molar-refractivity contribution is 6.33. The molecule has 0 bridgehead atoms. The molecule has 1 N–H and O–H groups in total. The molecule has 1 aromatic heterocycles. The Morgan fingerprint density at radius 1 is 1.33 bits per heavy atom. The standard InChI is InChI=1S/C14H14ClNO2/c1-9(2)14(17)16-10-5-6-12(15)11(8-10)13-4-3-7-18-13/h3-9H,1-2H3,(H,16,17). The summed E-state index contributed by atoms with van der Waals surface area (Å²) in [4.78, 5) is 11.6. The molecule has 1 amide bonds. The summed E-state index contributed by atoms with van der Waals surface area (Å²) in [6, 6.07) is 8.95. The van der Waals surface area contributed by atoms with Gasteiger partial charge in [0.2, 0.25) is 5.91 Å². The first-order valence-electron chi connectivity index (χ1n) is 5.72. The fourth-order valence-corrected chi connectivity index (χ4v) is 1.72. The fraction of sp³-hybridized carbons (Fsp3) is 0.214. The van der Waals surface area contributed by atoms with E-state index < -0.39 is 0 Å². The number of halogens is 1. The van der Waals surface area contributed by atoms with E-state index in [2.05, 4.69) is 5.32 Å². The molecule has 0 unspecified atom stereocenters. The largest absolute Gasteiger partial charge is 0.464 e. The number of nitrogens with one attached hydrogen (secondary N) is 1. The average Bonchev–Trinajstić information content (AvgIpc) is 2.85. The lowest BCUT2D eigenvalue weighted by molar-refractivity contribution is -0.118. The van der Waals surface area contributed by atoms with Crippen LogP contribution in [0.4, 0.5) is 5.69 Å². The highest BCUT2D eigenvalue weighted by atomic mass is 35.5. The van der Waals surface area contributed by atoms with Crippen molar-refractivity contribution in [2.24, 2.45) is 5.92 Å². The van der Waals surface area contributed by atoms with Crippen molar-refractivity contribution in [3.8, 4) is 11.3 Å². The third-order valence-electron chi connectivity index (χ3n) is 2.54. The van der Waals surface area contributed by atoms with Crippen molar-refractivity contribution in [2.75, 3.05) is 5.32 Å². The first-order valence-corrected chi connectivity index (χ1v) is 6.10. The van der Waals surface area contributed by atoms with E-state index in [1.807, 2.05) is 19.9 Å². The van der Waals surface area contributed by atoms with Crippen LogP contribution < -0.4 is 5.32 Å². The molecule has 0 aliphatic heterocycles. The lowest BCUT2D eigenvalue weighted by atomic mass is 10.1. The van der Waals surface area contributed by atoms with Crippen LogP contribution in [0, 0.1) is 5.92 Å². The zero-order valence-corrected chi connectivity index (χ0v) is 11.0. The van der Waals surface area contributed by atoms with Gasteiger partial charge in [-0.2, -0.15) is 0 Å². The zero-order chi connectivity index (χ0) is 13.1. The van der Waals surface area contributed by atoms with E-state index in [-0.39, 0.29) is 11.8 Å². The Hall–Kier alpha value is -1.74. The number of furan rings is 1. The molecule has 1 aromatic carbocycles. The molecule has 0 spiro atoms. The number of rotatable bonds is 3. The second-order valence-corrected chi connectivity index (χ2v) is 4.72. The first-order chi connectivity index (χ1) is 8.58. The predicted molar refractivity (Wildman–Crippen MR) is 72.6 cm³/mol. The molecule has 0 atom stereocenters. The number of hydrogen-bond acceptors (Lipinski definition) is 2. The molecular formula is C14H14ClNO2. The summed E-state index contributed by atoms with van der Waals surface area (Å²) in [6.45, 7) is 3.69. The molecular weight excluding hydrogens is 250 g/mol. The normalized spacial score (nSPS) is 10.7. The second kappa shape index (κ2) is 5.27. The Kier molecular flexibility index (Phi) is 3.72. The van der Waals surface area contributed by atoms with Crippen LogP contribution in [0.5, 0.6) is 0 Å². The summed E-state index contributed by atoms with van der Waals surface area (Å²) in [5.74, 6) is 0.594. The molecule has 0 saturated heterocycles. The highest BCUT2D eigenvalue weighted by Crippen LogP contribution is 2.30. The average molecular weight is 264 g/mol. The topological polar surface area (TPSA) is 42.2 Å². The van der Waals surface area contributed by atoms with E-state index in [9.17, 15) is 4.79 Å². The van der Waals surface area contributed by atoms with Gasteiger partial charge in [0.25, 0.3) is 0 Å². The van der Waals surface area contributed by atoms with Crippen LogP contribution in [0.2, 0.25) is 5.02 Å². The summed E-state index contributed by atoms with van der Waals surface area (Å²) in [5, 5.41) is 3.42. The summed E-state index contributed by atoms with van der Waals surface area (Å²) in [5.41, 5.74) is 1.48. The van der Waals surface area contributed by atoms with Gasteiger partial charge < -0.3 is 9.73 Å². The minimum Gasteiger partial charge on any atom is -0.464 e. The van der Waals surface area contributed by atoms with E-state index >= 15 is 0 Å². The lowest BCUT2D eigenvalue weighted by Crippen LogP contribution is -2.17. The zero-order valence-electron chi connectivity index (χ0n) is 10.2. The van der Waals surface area contributed by atoms with Crippen LogP contribution in [0.25, 0.3) is 11.3 Å². The van der Waals surface area contributed by atoms with Crippen LogP contribution in [-0.2, 0) is 4.79 Å². The number of hydrogen-bond donors (Lipinski definition) is 1. The maximum atomic E-state index is 11.6. The molecule has 94 valence electrons. The number of carbonyl (C=O) groups is 1. The number of anilines is 1. The van der Waals surface area contributed by atoms with Gasteiger partial charge in [0, 0.05) is 17.2 Å². The quantitative estimate of drug-likeness (QED) is 0.902. The fourth-order valence-electron chi connectivity index (χ4n) is 1.51. The monoisotopic (exact) mass is 263 g/mol. The van der Waals surface area contributed by atoms with Gasteiger partial charge >= 0.3 is 0 Å². The summed E-state index contributed by atoms with van der Waals surface area (Å²) >= 11 is 6.11. The van der Waals surface area contributed by atoms with Crippen LogP contribution in [0.3, 0.4) is 0 Å². The van der Waals surface area contributed by atoms with Crippen LogP contribution in [0.1, 0.15) is 13.8 Å². The molecule has 1 heterocycles. The minimum atomic E-state index is -0.0623. The van der Waals surface area contributed by atoms with Crippen molar-refractivity contribution in [2.45, 2.75) is 13.8 Å². The van der Waals surface area contributed by atoms with Gasteiger partial charge in [0.05, 0.1) is 11.3 Å². The van der Waals surface area contributed by atoms with Crippen molar-refractivity contribution in [1.29, 1.82) is 0 Å². The van der Waals surface area contributed by atoms with Gasteiger partial charge in [-0.05, 0) is 30.3 Å². The van der Waals surface area contributed by atoms with Crippen molar-refractivity contribution < 1.29 is 9.21 Å². The maximum Gasteiger partial charge on any atom is 0.226 e. The summed E-state index contributed by atoms with van der Waals surface area (Å²) in [6.07, 6.45) is 1.59. The third kappa shape index (κ3) is 2.74. The molecule has 18 heavy (non-hydrogen) atoms. The van der Waals surface area contributed by atoms with Crippen molar-refractivity contribution in [3.05, 3.63) is 41.6 Å². The van der Waals surface area contributed by atoms with E-state index in [4.69, 9.17) is 16.0 Å². The van der Waals surface area contributed by atoms with Crippen LogP contribution >= 0.6 is 11.6 Å². The smallest absolute Gasteiger partial charge is 0.226 e. The Morgan fingerprint density at radius 3 is 2.72 bits per heavy atom. The molecule has 4 heteroatoms.